The fourth-order valence-corrected chi connectivity index (χ4v) is 8.34. The summed E-state index contributed by atoms with van der Waals surface area (Å²) in [6.45, 7) is 15.7. The molecule has 0 fully saturated rings. The number of fused-ring (bicyclic) bond motifs is 4. The molecule has 1 aliphatic rings. The van der Waals surface area contributed by atoms with Crippen LogP contribution in [0.25, 0.3) is 49.9 Å². The predicted octanol–water partition coefficient (Wildman–Crippen LogP) is 14.9. The number of pyridine rings is 1. The summed E-state index contributed by atoms with van der Waals surface area (Å²) in [6, 6.07) is 65.0. The average molecular weight is 987 g/mol. The molecule has 3 heterocycles. The second-order valence-electron chi connectivity index (χ2n) is 17.9. The minimum atomic E-state index is -0.0375. The summed E-state index contributed by atoms with van der Waals surface area (Å²) in [5.74, 6) is 2.06. The maximum Gasteiger partial charge on any atom is 0.135 e. The van der Waals surface area contributed by atoms with Gasteiger partial charge in [-0.25, -0.2) is 4.98 Å². The number of nitrogens with zero attached hydrogens (tertiary/aromatic N) is 4. The number of benzene rings is 7. The summed E-state index contributed by atoms with van der Waals surface area (Å²) in [7, 11) is 0. The summed E-state index contributed by atoms with van der Waals surface area (Å²) < 4.78 is 8.82. The topological polar surface area (TPSA) is 33.5 Å². The fraction of sp³-hybridized carbons (Fsp3) is 0.143. The van der Waals surface area contributed by atoms with Crippen LogP contribution in [-0.4, -0.2) is 9.55 Å². The Morgan fingerprint density at radius 2 is 1.16 bits per heavy atom. The third kappa shape index (κ3) is 7.60. The smallest absolute Gasteiger partial charge is 0.135 e. The van der Waals surface area contributed by atoms with E-state index in [1.165, 1.54) is 22.3 Å². The van der Waals surface area contributed by atoms with Crippen molar-refractivity contribution in [1.29, 1.82) is 0 Å². The molecule has 0 saturated heterocycles. The molecular weight excluding hydrogens is 940 g/mol. The van der Waals surface area contributed by atoms with E-state index in [9.17, 15) is 0 Å². The molecule has 0 unspecified atom stereocenters. The largest absolute Gasteiger partial charge is 0.509 e. The number of hydrogen-bond donors (Lipinski definition) is 0. The van der Waals surface area contributed by atoms with Crippen molar-refractivity contribution < 1.29 is 25.8 Å². The van der Waals surface area contributed by atoms with E-state index >= 15 is 0 Å². The average Bonchev–Trinajstić information content (AvgIpc) is 3.82. The Hall–Kier alpha value is -6.42. The molecule has 10 rings (SSSR count). The van der Waals surface area contributed by atoms with Crippen molar-refractivity contribution in [2.24, 2.45) is 0 Å². The molecule has 0 saturated carbocycles. The van der Waals surface area contributed by atoms with Crippen LogP contribution in [-0.2, 0) is 31.9 Å². The van der Waals surface area contributed by atoms with Crippen molar-refractivity contribution >= 4 is 44.6 Å². The summed E-state index contributed by atoms with van der Waals surface area (Å²) in [5.41, 5.74) is 13.3. The Bertz CT molecular complexity index is 3070. The third-order valence-electron chi connectivity index (χ3n) is 11.7. The Balaban J connectivity index is 0.00000490. The molecule has 7 aromatic carbocycles. The van der Waals surface area contributed by atoms with Gasteiger partial charge in [-0.3, -0.25) is 0 Å². The van der Waals surface area contributed by atoms with Gasteiger partial charge in [0.1, 0.15) is 5.82 Å². The van der Waals surface area contributed by atoms with Crippen LogP contribution in [0.5, 0.6) is 11.5 Å². The van der Waals surface area contributed by atoms with E-state index in [0.717, 1.165) is 61.5 Å². The van der Waals surface area contributed by atoms with Crippen LogP contribution in [0.2, 0.25) is 0 Å². The van der Waals surface area contributed by atoms with E-state index in [4.69, 9.17) is 9.72 Å². The summed E-state index contributed by atoms with van der Waals surface area (Å²) in [6.07, 6.45) is 1.90. The van der Waals surface area contributed by atoms with Crippen molar-refractivity contribution in [3.63, 3.8) is 0 Å². The normalized spacial score (nSPS) is 12.7. The van der Waals surface area contributed by atoms with Crippen molar-refractivity contribution in [3.8, 4) is 39.6 Å². The molecule has 0 atom stereocenters. The molecule has 1 aliphatic heterocycles. The zero-order valence-corrected chi connectivity index (χ0v) is 38.0. The van der Waals surface area contributed by atoms with Gasteiger partial charge >= 0.3 is 0 Å². The number of ether oxygens (including phenoxy) is 1. The first-order valence-electron chi connectivity index (χ1n) is 21.0. The van der Waals surface area contributed by atoms with Crippen LogP contribution >= 0.6 is 0 Å². The van der Waals surface area contributed by atoms with Crippen LogP contribution in [0.15, 0.2) is 170 Å². The van der Waals surface area contributed by atoms with Gasteiger partial charge in [-0.05, 0) is 80.4 Å². The molecule has 2 aromatic heterocycles. The molecule has 0 aliphatic carbocycles. The predicted molar refractivity (Wildman–Crippen MR) is 252 cm³/mol. The SMILES string of the molecule is CC(C)(C)c1ccnc(-n2c3[c-]c(Oc4[c-]c(N5[CH-]N(c6cc(C(C)(C)C)ccc6-c6ccc(-c7ccccc7)cc6)c6ccccc65)ccc4)ccc3c3ccccc32)c1.[Pt]. The Labute approximate surface area is 379 Å². The minimum Gasteiger partial charge on any atom is -0.509 e. The van der Waals surface area contributed by atoms with Crippen molar-refractivity contribution in [3.05, 3.63) is 200 Å². The van der Waals surface area contributed by atoms with Gasteiger partial charge in [0.05, 0.1) is 0 Å². The molecule has 62 heavy (non-hydrogen) atoms. The van der Waals surface area contributed by atoms with E-state index in [-0.39, 0.29) is 31.9 Å². The third-order valence-corrected chi connectivity index (χ3v) is 11.7. The minimum absolute atomic E-state index is 0. The van der Waals surface area contributed by atoms with E-state index < -0.39 is 0 Å². The van der Waals surface area contributed by atoms with Gasteiger partial charge in [0.25, 0.3) is 0 Å². The first kappa shape index (κ1) is 41.0. The van der Waals surface area contributed by atoms with Crippen molar-refractivity contribution in [2.75, 3.05) is 9.80 Å². The maximum absolute atomic E-state index is 6.62. The van der Waals surface area contributed by atoms with Crippen LogP contribution in [0.3, 0.4) is 0 Å². The van der Waals surface area contributed by atoms with Crippen molar-refractivity contribution in [1.82, 2.24) is 9.55 Å². The molecule has 6 heteroatoms. The van der Waals surface area contributed by atoms with Gasteiger partial charge in [0, 0.05) is 66.9 Å². The summed E-state index contributed by atoms with van der Waals surface area (Å²) in [5, 5.41) is 2.24. The van der Waals surface area contributed by atoms with Gasteiger partial charge < -0.3 is 19.1 Å². The molecule has 0 spiro atoms. The number of anilines is 4. The number of hydrogen-bond acceptors (Lipinski definition) is 4. The van der Waals surface area contributed by atoms with Gasteiger partial charge in [0.15, 0.2) is 0 Å². The van der Waals surface area contributed by atoms with Crippen molar-refractivity contribution in [2.45, 2.75) is 52.4 Å². The standard InChI is InChI=1S/C56H47N4O.Pt/c1-55(2,3)41-27-29-46(40-25-23-39(24-26-40)38-15-8-7-9-16-38)52(33-41)59-37-58(50-21-12-13-22-51(50)59)43-17-14-18-44(35-43)61-45-28-30-48-47-19-10-11-20-49(47)60(53(48)36-45)54-34-42(31-32-57-54)56(4,5)6;/h7-34,37H,1-6H3;/q-3;. The fourth-order valence-electron chi connectivity index (χ4n) is 8.34. The maximum atomic E-state index is 6.62. The molecular formula is C56H47N4OPt-3. The van der Waals surface area contributed by atoms with E-state index in [2.05, 4.69) is 220 Å². The summed E-state index contributed by atoms with van der Waals surface area (Å²) in [4.78, 5) is 9.36. The van der Waals surface area contributed by atoms with Gasteiger partial charge in [-0.1, -0.05) is 144 Å². The zero-order valence-electron chi connectivity index (χ0n) is 35.8. The summed E-state index contributed by atoms with van der Waals surface area (Å²) >= 11 is 0. The van der Waals surface area contributed by atoms with Crippen LogP contribution in [0.4, 0.5) is 22.7 Å². The molecule has 310 valence electrons. The molecule has 0 amide bonds. The first-order chi connectivity index (χ1) is 29.5. The second-order valence-corrected chi connectivity index (χ2v) is 17.9. The quantitative estimate of drug-likeness (QED) is 0.149. The van der Waals surface area contributed by atoms with Crippen LogP contribution in [0, 0.1) is 18.8 Å². The molecule has 0 N–H and O–H groups in total. The Morgan fingerprint density at radius 1 is 0.516 bits per heavy atom. The molecule has 5 nitrogen and oxygen atoms in total. The second kappa shape index (κ2) is 16.1. The van der Waals surface area contributed by atoms with Gasteiger partial charge in [-0.15, -0.1) is 48.1 Å². The Kier molecular flexibility index (Phi) is 10.7. The molecule has 0 radical (unpaired) electrons. The zero-order chi connectivity index (χ0) is 41.9. The molecule has 9 aromatic rings. The number of para-hydroxylation sites is 3. The van der Waals surface area contributed by atoms with Crippen LogP contribution < -0.4 is 14.5 Å². The number of rotatable bonds is 7. The Morgan fingerprint density at radius 3 is 1.92 bits per heavy atom. The van der Waals surface area contributed by atoms with Gasteiger partial charge in [-0.2, -0.15) is 12.1 Å². The van der Waals surface area contributed by atoms with Crippen LogP contribution in [0.1, 0.15) is 52.7 Å². The first-order valence-corrected chi connectivity index (χ1v) is 21.0. The van der Waals surface area contributed by atoms with E-state index in [1.807, 2.05) is 24.4 Å². The van der Waals surface area contributed by atoms with E-state index in [1.54, 1.807) is 0 Å². The van der Waals surface area contributed by atoms with E-state index in [0.29, 0.717) is 11.5 Å². The number of aromatic nitrogens is 2. The monoisotopic (exact) mass is 986 g/mol. The van der Waals surface area contributed by atoms with Gasteiger partial charge in [0.2, 0.25) is 0 Å². The molecule has 0 bridgehead atoms.